The van der Waals surface area contributed by atoms with Crippen LogP contribution in [0.15, 0.2) is 77.7 Å². The average Bonchev–Trinajstić information content (AvgIpc) is 2.95. The Hall–Kier alpha value is -3.52. The van der Waals surface area contributed by atoms with Crippen molar-refractivity contribution in [2.24, 2.45) is 0 Å². The molecule has 146 valence electrons. The molecule has 4 rings (SSSR count). The first kappa shape index (κ1) is 18.8. The standard InChI is InChI=1S/C21H15FN2O4S/c22-18-7-3-4-8-19(18)23-29(27,28)15-11-9-14(10-12-15)13-24-20(25)16-5-1-2-6-17(16)21(24)26/h1-12,23H,13H2. The summed E-state index contributed by atoms with van der Waals surface area (Å²) in [6, 6.07) is 17.7. The SMILES string of the molecule is O=C1c2ccccc2C(=O)N1Cc1ccc(S(=O)(=O)Nc2ccccc2F)cc1. The first-order chi connectivity index (χ1) is 13.9. The van der Waals surface area contributed by atoms with Crippen molar-refractivity contribution < 1.29 is 22.4 Å². The molecule has 1 aliphatic rings. The van der Waals surface area contributed by atoms with Crippen LogP contribution in [0.25, 0.3) is 0 Å². The third-order valence-electron chi connectivity index (χ3n) is 4.57. The Labute approximate surface area is 166 Å². The molecule has 1 N–H and O–H groups in total. The number of amides is 2. The van der Waals surface area contributed by atoms with Gasteiger partial charge in [0.05, 0.1) is 28.3 Å². The number of para-hydroxylation sites is 1. The summed E-state index contributed by atoms with van der Waals surface area (Å²) in [4.78, 5) is 25.9. The minimum Gasteiger partial charge on any atom is -0.277 e. The van der Waals surface area contributed by atoms with Crippen LogP contribution in [0.5, 0.6) is 0 Å². The van der Waals surface area contributed by atoms with Crippen molar-refractivity contribution in [2.75, 3.05) is 4.72 Å². The topological polar surface area (TPSA) is 83.6 Å². The van der Waals surface area contributed by atoms with E-state index >= 15 is 0 Å². The average molecular weight is 410 g/mol. The van der Waals surface area contributed by atoms with Gasteiger partial charge in [0.2, 0.25) is 0 Å². The molecule has 0 saturated heterocycles. The number of sulfonamides is 1. The number of fused-ring (bicyclic) bond motifs is 1. The molecular formula is C21H15FN2O4S. The Bertz CT molecular complexity index is 1190. The van der Waals surface area contributed by atoms with Gasteiger partial charge in [-0.25, -0.2) is 12.8 Å². The lowest BCUT2D eigenvalue weighted by Gasteiger charge is -2.14. The van der Waals surface area contributed by atoms with Crippen LogP contribution in [0.3, 0.4) is 0 Å². The van der Waals surface area contributed by atoms with Crippen molar-refractivity contribution in [1.29, 1.82) is 0 Å². The lowest BCUT2D eigenvalue weighted by molar-refractivity contribution is 0.0642. The summed E-state index contributed by atoms with van der Waals surface area (Å²) >= 11 is 0. The smallest absolute Gasteiger partial charge is 0.261 e. The van der Waals surface area contributed by atoms with Crippen molar-refractivity contribution in [1.82, 2.24) is 4.90 Å². The number of anilines is 1. The molecule has 3 aromatic rings. The van der Waals surface area contributed by atoms with Gasteiger partial charge in [0.1, 0.15) is 5.82 Å². The fourth-order valence-electron chi connectivity index (χ4n) is 3.09. The number of rotatable bonds is 5. The second-order valence-corrected chi connectivity index (χ2v) is 8.15. The van der Waals surface area contributed by atoms with Crippen LogP contribution < -0.4 is 4.72 Å². The maximum Gasteiger partial charge on any atom is 0.261 e. The Balaban J connectivity index is 1.52. The first-order valence-corrected chi connectivity index (χ1v) is 10.2. The molecule has 29 heavy (non-hydrogen) atoms. The van der Waals surface area contributed by atoms with Gasteiger partial charge < -0.3 is 0 Å². The van der Waals surface area contributed by atoms with Gasteiger partial charge in [-0.2, -0.15) is 0 Å². The lowest BCUT2D eigenvalue weighted by Crippen LogP contribution is -2.29. The highest BCUT2D eigenvalue weighted by Crippen LogP contribution is 2.25. The molecule has 0 atom stereocenters. The van der Waals surface area contributed by atoms with E-state index in [-0.39, 0.29) is 28.9 Å². The van der Waals surface area contributed by atoms with Gasteiger partial charge in [0.15, 0.2) is 0 Å². The molecule has 6 nitrogen and oxygen atoms in total. The highest BCUT2D eigenvalue weighted by molar-refractivity contribution is 7.92. The van der Waals surface area contributed by atoms with E-state index in [1.54, 1.807) is 24.3 Å². The molecule has 0 bridgehead atoms. The van der Waals surface area contributed by atoms with Crippen LogP contribution in [0.1, 0.15) is 26.3 Å². The molecule has 0 aromatic heterocycles. The summed E-state index contributed by atoms with van der Waals surface area (Å²) < 4.78 is 40.8. The highest BCUT2D eigenvalue weighted by Gasteiger charge is 2.34. The van der Waals surface area contributed by atoms with E-state index in [1.165, 1.54) is 42.5 Å². The van der Waals surface area contributed by atoms with Gasteiger partial charge in [-0.3, -0.25) is 19.2 Å². The minimum atomic E-state index is -3.98. The molecule has 8 heteroatoms. The second-order valence-electron chi connectivity index (χ2n) is 6.47. The number of hydrogen-bond acceptors (Lipinski definition) is 4. The van der Waals surface area contributed by atoms with E-state index in [1.807, 2.05) is 0 Å². The van der Waals surface area contributed by atoms with Crippen LogP contribution in [-0.4, -0.2) is 25.1 Å². The number of imide groups is 1. The van der Waals surface area contributed by atoms with Crippen LogP contribution in [0.2, 0.25) is 0 Å². The second kappa shape index (κ2) is 7.14. The molecule has 0 spiro atoms. The zero-order valence-electron chi connectivity index (χ0n) is 15.0. The number of carbonyl (C=O) groups is 2. The third kappa shape index (κ3) is 3.50. The molecule has 0 fully saturated rings. The van der Waals surface area contributed by atoms with Crippen LogP contribution in [0, 0.1) is 5.82 Å². The van der Waals surface area contributed by atoms with Crippen molar-refractivity contribution in [2.45, 2.75) is 11.4 Å². The molecular weight excluding hydrogens is 395 g/mol. The van der Waals surface area contributed by atoms with E-state index < -0.39 is 15.8 Å². The van der Waals surface area contributed by atoms with Crippen molar-refractivity contribution in [3.8, 4) is 0 Å². The zero-order chi connectivity index (χ0) is 20.6. The van der Waals surface area contributed by atoms with Gasteiger partial charge in [-0.1, -0.05) is 36.4 Å². The number of nitrogens with zero attached hydrogens (tertiary/aromatic N) is 1. The number of nitrogens with one attached hydrogen (secondary N) is 1. The van der Waals surface area contributed by atoms with E-state index in [0.29, 0.717) is 16.7 Å². The Morgan fingerprint density at radius 3 is 1.93 bits per heavy atom. The minimum absolute atomic E-state index is 0.0212. The molecule has 0 radical (unpaired) electrons. The predicted octanol–water partition coefficient (Wildman–Crippen LogP) is 3.42. The summed E-state index contributed by atoms with van der Waals surface area (Å²) in [7, 11) is -3.98. The third-order valence-corrected chi connectivity index (χ3v) is 5.95. The lowest BCUT2D eigenvalue weighted by atomic mass is 10.1. The summed E-state index contributed by atoms with van der Waals surface area (Å²) in [6.45, 7) is 0.0212. The van der Waals surface area contributed by atoms with Crippen LogP contribution in [-0.2, 0) is 16.6 Å². The summed E-state index contributed by atoms with van der Waals surface area (Å²) in [5.41, 5.74) is 1.14. The Morgan fingerprint density at radius 1 is 0.793 bits per heavy atom. The number of halogens is 1. The molecule has 0 aliphatic carbocycles. The monoisotopic (exact) mass is 410 g/mol. The van der Waals surface area contributed by atoms with Gasteiger partial charge >= 0.3 is 0 Å². The molecule has 0 unspecified atom stereocenters. The summed E-state index contributed by atoms with van der Waals surface area (Å²) in [5, 5.41) is 0. The van der Waals surface area contributed by atoms with Gasteiger partial charge in [0, 0.05) is 0 Å². The van der Waals surface area contributed by atoms with E-state index in [0.717, 1.165) is 11.0 Å². The number of carbonyl (C=O) groups excluding carboxylic acids is 2. The van der Waals surface area contributed by atoms with E-state index in [2.05, 4.69) is 4.72 Å². The molecule has 2 amide bonds. The first-order valence-electron chi connectivity index (χ1n) is 8.68. The van der Waals surface area contributed by atoms with Crippen LogP contribution in [0.4, 0.5) is 10.1 Å². The largest absolute Gasteiger partial charge is 0.277 e. The normalized spacial score (nSPS) is 13.5. The molecule has 1 aliphatic heterocycles. The maximum atomic E-state index is 13.7. The Morgan fingerprint density at radius 2 is 1.34 bits per heavy atom. The highest BCUT2D eigenvalue weighted by atomic mass is 32.2. The van der Waals surface area contributed by atoms with Crippen molar-refractivity contribution in [3.63, 3.8) is 0 Å². The van der Waals surface area contributed by atoms with Crippen molar-refractivity contribution in [3.05, 3.63) is 95.3 Å². The van der Waals surface area contributed by atoms with Gasteiger partial charge in [-0.15, -0.1) is 0 Å². The quantitative estimate of drug-likeness (QED) is 0.654. The van der Waals surface area contributed by atoms with Crippen molar-refractivity contribution >= 4 is 27.5 Å². The molecule has 0 saturated carbocycles. The fourth-order valence-corrected chi connectivity index (χ4v) is 4.15. The van der Waals surface area contributed by atoms with Gasteiger partial charge in [0.25, 0.3) is 21.8 Å². The van der Waals surface area contributed by atoms with Crippen LogP contribution >= 0.6 is 0 Å². The summed E-state index contributed by atoms with van der Waals surface area (Å²) in [6.07, 6.45) is 0. The molecule has 3 aromatic carbocycles. The number of benzene rings is 3. The van der Waals surface area contributed by atoms with E-state index in [4.69, 9.17) is 0 Å². The Kier molecular flexibility index (Phi) is 4.63. The predicted molar refractivity (Wildman–Crippen MR) is 104 cm³/mol. The molecule has 1 heterocycles. The van der Waals surface area contributed by atoms with Gasteiger partial charge in [-0.05, 0) is 42.0 Å². The summed E-state index contributed by atoms with van der Waals surface area (Å²) in [5.74, 6) is -1.45. The fraction of sp³-hybridized carbons (Fsp3) is 0.0476. The number of hydrogen-bond donors (Lipinski definition) is 1. The van der Waals surface area contributed by atoms with E-state index in [9.17, 15) is 22.4 Å². The maximum absolute atomic E-state index is 13.7. The zero-order valence-corrected chi connectivity index (χ0v) is 15.8.